The van der Waals surface area contributed by atoms with Crippen molar-refractivity contribution in [1.82, 2.24) is 0 Å². The number of carbonyl (C=O) groups excluding carboxylic acids is 3. The van der Waals surface area contributed by atoms with E-state index in [1.807, 2.05) is 30.4 Å². The summed E-state index contributed by atoms with van der Waals surface area (Å²) in [4.78, 5) is 36.8. The van der Waals surface area contributed by atoms with E-state index in [0.717, 1.165) is 83.5 Å². The summed E-state index contributed by atoms with van der Waals surface area (Å²) < 4.78 is 17.0. The summed E-state index contributed by atoms with van der Waals surface area (Å²) in [7, 11) is 5.36. The fraction of sp³-hybridized carbons (Fsp3) is 0.562. The minimum Gasteiger partial charge on any atom is -0.544 e. The summed E-state index contributed by atoms with van der Waals surface area (Å²) >= 11 is 0. The van der Waals surface area contributed by atoms with Crippen molar-refractivity contribution in [3.8, 4) is 0 Å². The highest BCUT2D eigenvalue weighted by Gasteiger charge is 2.25. The monoisotopic (exact) mass is 778 g/mol. The van der Waals surface area contributed by atoms with Gasteiger partial charge in [0.1, 0.15) is 12.6 Å². The number of carboxylic acids is 1. The van der Waals surface area contributed by atoms with Crippen molar-refractivity contribution in [2.75, 3.05) is 41.0 Å². The number of allylic oxidation sites excluding steroid dienone is 18. The van der Waals surface area contributed by atoms with Gasteiger partial charge in [-0.15, -0.1) is 0 Å². The molecule has 0 rings (SSSR count). The quantitative estimate of drug-likeness (QED) is 0.0208. The number of hydrogen-bond donors (Lipinski definition) is 0. The third-order valence-electron chi connectivity index (χ3n) is 8.50. The van der Waals surface area contributed by atoms with Crippen molar-refractivity contribution in [2.24, 2.45) is 0 Å². The first-order valence-corrected chi connectivity index (χ1v) is 21.0. The SMILES string of the molecule is CC/C=C/C=C/C=C/C=C/CCCCCCCC(=O)OCC(COCCC(C(=O)[O-])[N+](C)(C)C)OC(=O)CCC/C=C/C/C=C/C/C=C/C/C=C/C/C=C/CC. The Morgan fingerprint density at radius 1 is 0.554 bits per heavy atom. The van der Waals surface area contributed by atoms with E-state index in [2.05, 4.69) is 92.8 Å². The van der Waals surface area contributed by atoms with Gasteiger partial charge in [0.15, 0.2) is 6.10 Å². The maximum Gasteiger partial charge on any atom is 0.306 e. The van der Waals surface area contributed by atoms with Crippen molar-refractivity contribution >= 4 is 17.9 Å². The van der Waals surface area contributed by atoms with Crippen LogP contribution in [0.15, 0.2) is 109 Å². The smallest absolute Gasteiger partial charge is 0.306 e. The average Bonchev–Trinajstić information content (AvgIpc) is 3.15. The van der Waals surface area contributed by atoms with E-state index < -0.39 is 18.1 Å². The maximum absolute atomic E-state index is 12.7. The molecule has 2 unspecified atom stereocenters. The Morgan fingerprint density at radius 3 is 1.64 bits per heavy atom. The maximum atomic E-state index is 12.7. The summed E-state index contributed by atoms with van der Waals surface area (Å²) in [5, 5.41) is 11.6. The van der Waals surface area contributed by atoms with Gasteiger partial charge in [-0.3, -0.25) is 9.59 Å². The molecule has 0 aromatic carbocycles. The number of carboxylic acid groups (broad SMARTS) is 1. The number of aliphatic carboxylic acids is 1. The number of quaternary nitrogens is 1. The molecule has 0 N–H and O–H groups in total. The Hall–Kier alpha value is -4.01. The second-order valence-corrected chi connectivity index (χ2v) is 14.6. The lowest BCUT2D eigenvalue weighted by Gasteiger charge is -2.34. The Balaban J connectivity index is 4.55. The van der Waals surface area contributed by atoms with Gasteiger partial charge in [0.2, 0.25) is 0 Å². The molecule has 0 aliphatic heterocycles. The lowest BCUT2D eigenvalue weighted by molar-refractivity contribution is -0.889. The highest BCUT2D eigenvalue weighted by molar-refractivity contribution is 5.70. The Morgan fingerprint density at radius 2 is 1.05 bits per heavy atom. The number of unbranched alkanes of at least 4 members (excludes halogenated alkanes) is 6. The zero-order valence-corrected chi connectivity index (χ0v) is 35.5. The van der Waals surface area contributed by atoms with Crippen LogP contribution in [0.5, 0.6) is 0 Å². The van der Waals surface area contributed by atoms with Crippen molar-refractivity contribution in [1.29, 1.82) is 0 Å². The fourth-order valence-corrected chi connectivity index (χ4v) is 5.29. The third kappa shape index (κ3) is 35.7. The Labute approximate surface area is 340 Å². The molecular formula is C48H75NO7. The van der Waals surface area contributed by atoms with Gasteiger partial charge in [-0.05, 0) is 70.6 Å². The summed E-state index contributed by atoms with van der Waals surface area (Å²) in [5.41, 5.74) is 0. The summed E-state index contributed by atoms with van der Waals surface area (Å²) in [6.45, 7) is 4.29. The highest BCUT2D eigenvalue weighted by atomic mass is 16.6. The van der Waals surface area contributed by atoms with Crippen LogP contribution in [0, 0.1) is 0 Å². The highest BCUT2D eigenvalue weighted by Crippen LogP contribution is 2.11. The molecule has 0 aromatic rings. The number of likely N-dealkylation sites (N-methyl/N-ethyl adjacent to an activating group) is 1. The predicted molar refractivity (Wildman–Crippen MR) is 231 cm³/mol. The Kier molecular flexibility index (Phi) is 35.2. The summed E-state index contributed by atoms with van der Waals surface area (Å²) in [5.74, 6) is -1.86. The van der Waals surface area contributed by atoms with Crippen LogP contribution in [-0.2, 0) is 28.6 Å². The van der Waals surface area contributed by atoms with Gasteiger partial charge in [0.05, 0.1) is 40.3 Å². The van der Waals surface area contributed by atoms with Crippen LogP contribution >= 0.6 is 0 Å². The normalized spacial score (nSPS) is 14.1. The van der Waals surface area contributed by atoms with E-state index in [-0.39, 0.29) is 49.1 Å². The molecule has 2 atom stereocenters. The lowest BCUT2D eigenvalue weighted by Crippen LogP contribution is -2.55. The molecule has 0 heterocycles. The zero-order valence-electron chi connectivity index (χ0n) is 35.5. The van der Waals surface area contributed by atoms with Crippen LogP contribution in [0.2, 0.25) is 0 Å². The van der Waals surface area contributed by atoms with Crippen molar-refractivity contribution in [3.63, 3.8) is 0 Å². The molecule has 0 aliphatic carbocycles. The molecule has 314 valence electrons. The van der Waals surface area contributed by atoms with Crippen LogP contribution in [0.3, 0.4) is 0 Å². The van der Waals surface area contributed by atoms with Crippen LogP contribution in [0.25, 0.3) is 0 Å². The second kappa shape index (κ2) is 37.9. The molecule has 0 amide bonds. The summed E-state index contributed by atoms with van der Waals surface area (Å²) in [6, 6.07) is -0.746. The van der Waals surface area contributed by atoms with Crippen LogP contribution in [0.1, 0.15) is 123 Å². The fourth-order valence-electron chi connectivity index (χ4n) is 5.29. The minimum atomic E-state index is -1.14. The van der Waals surface area contributed by atoms with Crippen LogP contribution in [-0.4, -0.2) is 75.5 Å². The largest absolute Gasteiger partial charge is 0.544 e. The predicted octanol–water partition coefficient (Wildman–Crippen LogP) is 9.96. The van der Waals surface area contributed by atoms with Crippen LogP contribution in [0.4, 0.5) is 0 Å². The standard InChI is InChI=1S/C48H75NO7/c1-6-8-10-12-14-16-18-20-22-23-25-27-29-31-33-35-37-39-47(51)56-44(42-54-41-40-45(48(52)53)49(3,4)5)43-55-46(50)38-36-34-32-30-28-26-24-21-19-17-15-13-11-9-7-2/h8-11,13-17,19-22,24-25,27,31,33,44-45H,6-7,12,18,23,26,28-30,32,34-43H2,1-5H3/b10-8+,11-9+,15-13+,16-14+,19-17+,22-20+,24-21+,27-25+,33-31+. The number of carbonyl (C=O) groups is 3. The first kappa shape index (κ1) is 52.0. The van der Waals surface area contributed by atoms with Crippen LogP contribution < -0.4 is 5.11 Å². The molecule has 8 heteroatoms. The molecule has 0 aromatic heterocycles. The van der Waals surface area contributed by atoms with Crippen molar-refractivity contribution in [3.05, 3.63) is 109 Å². The number of rotatable bonds is 35. The molecule has 0 radical (unpaired) electrons. The van der Waals surface area contributed by atoms with Gasteiger partial charge in [0.25, 0.3) is 0 Å². The molecule has 0 fully saturated rings. The average molecular weight is 778 g/mol. The van der Waals surface area contributed by atoms with E-state index in [9.17, 15) is 19.5 Å². The lowest BCUT2D eigenvalue weighted by atomic mass is 10.1. The van der Waals surface area contributed by atoms with Gasteiger partial charge in [-0.2, -0.15) is 0 Å². The molecular weight excluding hydrogens is 703 g/mol. The molecule has 0 spiro atoms. The number of esters is 2. The Bertz CT molecular complexity index is 1280. The topological polar surface area (TPSA) is 102 Å². The van der Waals surface area contributed by atoms with E-state index in [0.29, 0.717) is 12.8 Å². The van der Waals surface area contributed by atoms with Gasteiger partial charge < -0.3 is 28.6 Å². The van der Waals surface area contributed by atoms with Gasteiger partial charge in [0, 0.05) is 19.3 Å². The van der Waals surface area contributed by atoms with Gasteiger partial charge in [-0.1, -0.05) is 142 Å². The first-order valence-electron chi connectivity index (χ1n) is 21.0. The number of ether oxygens (including phenoxy) is 3. The van der Waals surface area contributed by atoms with E-state index in [1.54, 1.807) is 21.1 Å². The minimum absolute atomic E-state index is 0.00193. The van der Waals surface area contributed by atoms with E-state index in [1.165, 1.54) is 0 Å². The van der Waals surface area contributed by atoms with Crippen molar-refractivity contribution < 1.29 is 38.2 Å². The number of hydrogen-bond acceptors (Lipinski definition) is 7. The molecule has 0 aliphatic rings. The molecule has 8 nitrogen and oxygen atoms in total. The second-order valence-electron chi connectivity index (χ2n) is 14.6. The zero-order chi connectivity index (χ0) is 41.4. The number of nitrogens with zero attached hydrogens (tertiary/aromatic N) is 1. The third-order valence-corrected chi connectivity index (χ3v) is 8.50. The van der Waals surface area contributed by atoms with Gasteiger partial charge in [-0.25, -0.2) is 0 Å². The van der Waals surface area contributed by atoms with Crippen molar-refractivity contribution in [2.45, 2.75) is 135 Å². The molecule has 0 bridgehead atoms. The van der Waals surface area contributed by atoms with E-state index >= 15 is 0 Å². The summed E-state index contributed by atoms with van der Waals surface area (Å²) in [6.07, 6.45) is 51.2. The molecule has 56 heavy (non-hydrogen) atoms. The van der Waals surface area contributed by atoms with Gasteiger partial charge >= 0.3 is 11.9 Å². The molecule has 0 saturated heterocycles. The first-order chi connectivity index (χ1) is 27.1. The van der Waals surface area contributed by atoms with E-state index in [4.69, 9.17) is 14.2 Å². The molecule has 0 saturated carbocycles.